The van der Waals surface area contributed by atoms with Crippen LogP contribution < -0.4 is 10.2 Å². The fourth-order valence-corrected chi connectivity index (χ4v) is 5.00. The second-order valence-corrected chi connectivity index (χ2v) is 7.90. The Morgan fingerprint density at radius 3 is 2.58 bits per heavy atom. The summed E-state index contributed by atoms with van der Waals surface area (Å²) in [6.45, 7) is 2.19. The molecule has 1 amide bonds. The first-order valence-electron chi connectivity index (χ1n) is 9.50. The van der Waals surface area contributed by atoms with Crippen LogP contribution in [0.15, 0.2) is 24.3 Å². The first kappa shape index (κ1) is 15.9. The Bertz CT molecular complexity index is 595. The zero-order chi connectivity index (χ0) is 16.5. The molecule has 3 unspecified atom stereocenters. The van der Waals surface area contributed by atoms with Gasteiger partial charge in [-0.1, -0.05) is 18.6 Å². The third-order valence-electron chi connectivity index (χ3n) is 6.45. The summed E-state index contributed by atoms with van der Waals surface area (Å²) in [7, 11) is 0. The number of carbonyl (C=O) groups is 1. The molecule has 3 atom stereocenters. The molecule has 1 aliphatic heterocycles. The second kappa shape index (κ2) is 6.75. The Kier molecular flexibility index (Phi) is 4.49. The van der Waals surface area contributed by atoms with Crippen molar-refractivity contribution >= 4 is 17.3 Å². The largest absolute Gasteiger partial charge is 0.396 e. The molecular weight excluding hydrogens is 300 g/mol. The molecule has 1 aromatic carbocycles. The molecule has 4 rings (SSSR count). The molecule has 4 nitrogen and oxygen atoms in total. The lowest BCUT2D eigenvalue weighted by atomic mass is 9.88. The predicted molar refractivity (Wildman–Crippen MR) is 96.0 cm³/mol. The quantitative estimate of drug-likeness (QED) is 0.892. The standard InChI is InChI=1S/C20H28N2O2/c23-13-14-7-9-22(10-8-14)19-4-2-1-3-18(19)21-20(24)17-12-15-5-6-16(17)11-15/h1-4,14-17,23H,5-13H2,(H,21,24). The number of aliphatic hydroxyl groups excluding tert-OH is 1. The van der Waals surface area contributed by atoms with E-state index in [-0.39, 0.29) is 18.4 Å². The minimum absolute atomic E-state index is 0.219. The van der Waals surface area contributed by atoms with Gasteiger partial charge in [-0.05, 0) is 62.0 Å². The van der Waals surface area contributed by atoms with Crippen molar-refractivity contribution in [3.63, 3.8) is 0 Å². The van der Waals surface area contributed by atoms with Crippen molar-refractivity contribution in [3.8, 4) is 0 Å². The number of fused-ring (bicyclic) bond motifs is 2. The fourth-order valence-electron chi connectivity index (χ4n) is 5.00. The molecule has 3 fully saturated rings. The van der Waals surface area contributed by atoms with Gasteiger partial charge in [0.15, 0.2) is 0 Å². The number of rotatable bonds is 4. The third kappa shape index (κ3) is 3.04. The number of piperidine rings is 1. The molecule has 0 spiro atoms. The number of nitrogens with one attached hydrogen (secondary N) is 1. The Labute approximate surface area is 144 Å². The van der Waals surface area contributed by atoms with Crippen LogP contribution in [-0.4, -0.2) is 30.7 Å². The molecule has 2 N–H and O–H groups in total. The second-order valence-electron chi connectivity index (χ2n) is 7.90. The van der Waals surface area contributed by atoms with E-state index in [2.05, 4.69) is 16.3 Å². The molecule has 0 radical (unpaired) electrons. The van der Waals surface area contributed by atoms with Gasteiger partial charge in [0.2, 0.25) is 5.91 Å². The normalized spacial score (nSPS) is 29.9. The Hall–Kier alpha value is -1.55. The first-order valence-corrected chi connectivity index (χ1v) is 9.50. The summed E-state index contributed by atoms with van der Waals surface area (Å²) in [5, 5.41) is 12.5. The van der Waals surface area contributed by atoms with E-state index in [9.17, 15) is 9.90 Å². The number of para-hydroxylation sites is 2. The zero-order valence-electron chi connectivity index (χ0n) is 14.3. The summed E-state index contributed by atoms with van der Waals surface area (Å²) < 4.78 is 0. The lowest BCUT2D eigenvalue weighted by Crippen LogP contribution is -2.35. The monoisotopic (exact) mass is 328 g/mol. The van der Waals surface area contributed by atoms with Crippen LogP contribution in [0.5, 0.6) is 0 Å². The van der Waals surface area contributed by atoms with Gasteiger partial charge in [0.1, 0.15) is 0 Å². The molecule has 2 saturated carbocycles. The molecule has 130 valence electrons. The average Bonchev–Trinajstić information content (AvgIpc) is 3.26. The van der Waals surface area contributed by atoms with Crippen molar-refractivity contribution in [1.29, 1.82) is 0 Å². The van der Waals surface area contributed by atoms with Crippen molar-refractivity contribution in [2.75, 3.05) is 29.9 Å². The predicted octanol–water partition coefficient (Wildman–Crippen LogP) is 3.27. The number of benzene rings is 1. The molecule has 2 bridgehead atoms. The van der Waals surface area contributed by atoms with E-state index in [0.29, 0.717) is 11.8 Å². The van der Waals surface area contributed by atoms with Crippen LogP contribution >= 0.6 is 0 Å². The lowest BCUT2D eigenvalue weighted by molar-refractivity contribution is -0.121. The SMILES string of the molecule is O=C(Nc1ccccc1N1CCC(CO)CC1)C1CC2CCC1C2. The van der Waals surface area contributed by atoms with Gasteiger partial charge in [0.25, 0.3) is 0 Å². The maximum Gasteiger partial charge on any atom is 0.227 e. The average molecular weight is 328 g/mol. The summed E-state index contributed by atoms with van der Waals surface area (Å²) >= 11 is 0. The Morgan fingerprint density at radius 1 is 1.12 bits per heavy atom. The summed E-state index contributed by atoms with van der Waals surface area (Å²) in [5.74, 6) is 2.27. The van der Waals surface area contributed by atoms with Crippen LogP contribution in [0.1, 0.15) is 38.5 Å². The minimum atomic E-state index is 0.219. The van der Waals surface area contributed by atoms with Crippen LogP contribution in [0.4, 0.5) is 11.4 Å². The highest BCUT2D eigenvalue weighted by molar-refractivity contribution is 5.96. The highest BCUT2D eigenvalue weighted by Crippen LogP contribution is 2.48. The van der Waals surface area contributed by atoms with Crippen molar-refractivity contribution in [2.45, 2.75) is 38.5 Å². The van der Waals surface area contributed by atoms with E-state index in [0.717, 1.165) is 49.6 Å². The summed E-state index contributed by atoms with van der Waals surface area (Å²) in [6, 6.07) is 8.18. The maximum absolute atomic E-state index is 12.8. The van der Waals surface area contributed by atoms with E-state index in [1.54, 1.807) is 0 Å². The topological polar surface area (TPSA) is 52.6 Å². The van der Waals surface area contributed by atoms with Crippen LogP contribution in [-0.2, 0) is 4.79 Å². The molecule has 24 heavy (non-hydrogen) atoms. The number of hydrogen-bond donors (Lipinski definition) is 2. The fraction of sp³-hybridized carbons (Fsp3) is 0.650. The van der Waals surface area contributed by atoms with Gasteiger partial charge >= 0.3 is 0 Å². The molecular formula is C20H28N2O2. The highest BCUT2D eigenvalue weighted by Gasteiger charge is 2.43. The van der Waals surface area contributed by atoms with E-state index < -0.39 is 0 Å². The number of amides is 1. The molecule has 1 aromatic rings. The van der Waals surface area contributed by atoms with Crippen LogP contribution in [0, 0.1) is 23.7 Å². The van der Waals surface area contributed by atoms with E-state index in [1.165, 1.54) is 19.3 Å². The van der Waals surface area contributed by atoms with E-state index in [4.69, 9.17) is 0 Å². The molecule has 3 aliphatic rings. The zero-order valence-corrected chi connectivity index (χ0v) is 14.3. The van der Waals surface area contributed by atoms with Crippen molar-refractivity contribution in [2.24, 2.45) is 23.7 Å². The van der Waals surface area contributed by atoms with Crippen LogP contribution in [0.3, 0.4) is 0 Å². The Balaban J connectivity index is 1.45. The summed E-state index contributed by atoms with van der Waals surface area (Å²) in [6.07, 6.45) is 6.94. The van der Waals surface area contributed by atoms with Gasteiger partial charge in [0, 0.05) is 25.6 Å². The lowest BCUT2D eigenvalue weighted by Gasteiger charge is -2.34. The van der Waals surface area contributed by atoms with Crippen molar-refractivity contribution in [1.82, 2.24) is 0 Å². The number of hydrogen-bond acceptors (Lipinski definition) is 3. The van der Waals surface area contributed by atoms with Gasteiger partial charge in [-0.15, -0.1) is 0 Å². The van der Waals surface area contributed by atoms with Crippen molar-refractivity contribution in [3.05, 3.63) is 24.3 Å². The molecule has 2 aliphatic carbocycles. The van der Waals surface area contributed by atoms with Gasteiger partial charge in [-0.2, -0.15) is 0 Å². The summed E-state index contributed by atoms with van der Waals surface area (Å²) in [4.78, 5) is 15.1. The smallest absolute Gasteiger partial charge is 0.227 e. The van der Waals surface area contributed by atoms with E-state index in [1.807, 2.05) is 18.2 Å². The van der Waals surface area contributed by atoms with Gasteiger partial charge in [-0.3, -0.25) is 4.79 Å². The molecule has 0 aromatic heterocycles. The maximum atomic E-state index is 12.8. The van der Waals surface area contributed by atoms with Gasteiger partial charge in [-0.25, -0.2) is 0 Å². The van der Waals surface area contributed by atoms with Crippen LogP contribution in [0.2, 0.25) is 0 Å². The minimum Gasteiger partial charge on any atom is -0.396 e. The molecule has 1 saturated heterocycles. The third-order valence-corrected chi connectivity index (χ3v) is 6.45. The first-order chi connectivity index (χ1) is 11.7. The number of nitrogens with zero attached hydrogens (tertiary/aromatic N) is 1. The number of anilines is 2. The van der Waals surface area contributed by atoms with Crippen LogP contribution in [0.25, 0.3) is 0 Å². The summed E-state index contributed by atoms with van der Waals surface area (Å²) in [5.41, 5.74) is 2.08. The number of carbonyl (C=O) groups excluding carboxylic acids is 1. The van der Waals surface area contributed by atoms with Gasteiger partial charge in [0.05, 0.1) is 11.4 Å². The molecule has 4 heteroatoms. The molecule has 1 heterocycles. The number of aliphatic hydroxyl groups is 1. The Morgan fingerprint density at radius 2 is 1.92 bits per heavy atom. The highest BCUT2D eigenvalue weighted by atomic mass is 16.3. The van der Waals surface area contributed by atoms with E-state index >= 15 is 0 Å². The van der Waals surface area contributed by atoms with Gasteiger partial charge < -0.3 is 15.3 Å². The van der Waals surface area contributed by atoms with Crippen molar-refractivity contribution < 1.29 is 9.90 Å².